The minimum Gasteiger partial charge on any atom is -0.306 e. The maximum absolute atomic E-state index is 6.12. The van der Waals surface area contributed by atoms with Crippen molar-refractivity contribution in [3.05, 3.63) is 68.1 Å². The highest BCUT2D eigenvalue weighted by atomic mass is 79.9. The van der Waals surface area contributed by atoms with Crippen molar-refractivity contribution in [1.82, 2.24) is 5.32 Å². The van der Waals surface area contributed by atoms with E-state index in [1.807, 2.05) is 12.1 Å². The van der Waals surface area contributed by atoms with E-state index in [0.29, 0.717) is 6.04 Å². The first kappa shape index (κ1) is 15.6. The summed E-state index contributed by atoms with van der Waals surface area (Å²) in [6, 6.07) is 13.0. The third-order valence-corrected chi connectivity index (χ3v) is 4.73. The molecule has 2 aromatic rings. The van der Waals surface area contributed by atoms with Crippen LogP contribution in [0, 0.1) is 13.8 Å². The molecular formula is C17H19BrClN. The van der Waals surface area contributed by atoms with Crippen molar-refractivity contribution >= 4 is 27.5 Å². The molecule has 0 aliphatic carbocycles. The highest BCUT2D eigenvalue weighted by Gasteiger charge is 2.08. The van der Waals surface area contributed by atoms with Crippen LogP contribution < -0.4 is 5.32 Å². The zero-order valence-electron chi connectivity index (χ0n) is 12.0. The Morgan fingerprint density at radius 2 is 1.90 bits per heavy atom. The summed E-state index contributed by atoms with van der Waals surface area (Å²) in [5.74, 6) is 0. The van der Waals surface area contributed by atoms with Gasteiger partial charge in [-0.05, 0) is 65.5 Å². The Morgan fingerprint density at radius 1 is 1.15 bits per heavy atom. The molecule has 0 fully saturated rings. The SMILES string of the molecule is Cc1ccc(C)c(C(C)NCc2ccc(Br)c(Cl)c2)c1. The lowest BCUT2D eigenvalue weighted by Crippen LogP contribution is -2.19. The molecule has 0 amide bonds. The molecule has 2 rings (SSSR count). The van der Waals surface area contributed by atoms with Gasteiger partial charge in [-0.1, -0.05) is 41.4 Å². The van der Waals surface area contributed by atoms with Crippen LogP contribution in [-0.4, -0.2) is 0 Å². The molecular weight excluding hydrogens is 334 g/mol. The van der Waals surface area contributed by atoms with Crippen LogP contribution in [0.15, 0.2) is 40.9 Å². The number of aryl methyl sites for hydroxylation is 2. The molecule has 2 aromatic carbocycles. The van der Waals surface area contributed by atoms with Crippen molar-refractivity contribution in [3.8, 4) is 0 Å². The fraction of sp³-hybridized carbons (Fsp3) is 0.294. The van der Waals surface area contributed by atoms with E-state index in [0.717, 1.165) is 16.0 Å². The minimum atomic E-state index is 0.317. The number of hydrogen-bond acceptors (Lipinski definition) is 1. The van der Waals surface area contributed by atoms with E-state index in [1.54, 1.807) is 0 Å². The second kappa shape index (κ2) is 6.75. The second-order valence-electron chi connectivity index (χ2n) is 5.21. The van der Waals surface area contributed by atoms with E-state index >= 15 is 0 Å². The highest BCUT2D eigenvalue weighted by molar-refractivity contribution is 9.10. The normalized spacial score (nSPS) is 12.4. The Bertz CT molecular complexity index is 610. The topological polar surface area (TPSA) is 12.0 Å². The lowest BCUT2D eigenvalue weighted by atomic mass is 10.00. The molecule has 1 nitrogen and oxygen atoms in total. The van der Waals surface area contributed by atoms with Crippen LogP contribution in [-0.2, 0) is 6.54 Å². The molecule has 3 heteroatoms. The predicted molar refractivity (Wildman–Crippen MR) is 90.3 cm³/mol. The van der Waals surface area contributed by atoms with Crippen molar-refractivity contribution in [2.45, 2.75) is 33.4 Å². The monoisotopic (exact) mass is 351 g/mol. The number of rotatable bonds is 4. The summed E-state index contributed by atoms with van der Waals surface area (Å²) in [4.78, 5) is 0. The van der Waals surface area contributed by atoms with Gasteiger partial charge >= 0.3 is 0 Å². The third-order valence-electron chi connectivity index (χ3n) is 3.50. The molecule has 0 saturated carbocycles. The summed E-state index contributed by atoms with van der Waals surface area (Å²) in [5, 5.41) is 4.31. The van der Waals surface area contributed by atoms with Gasteiger partial charge in [0.2, 0.25) is 0 Å². The summed E-state index contributed by atoms with van der Waals surface area (Å²) in [7, 11) is 0. The fourth-order valence-electron chi connectivity index (χ4n) is 2.26. The smallest absolute Gasteiger partial charge is 0.0551 e. The van der Waals surface area contributed by atoms with Gasteiger partial charge in [0.15, 0.2) is 0 Å². The van der Waals surface area contributed by atoms with Crippen molar-refractivity contribution < 1.29 is 0 Å². The largest absolute Gasteiger partial charge is 0.306 e. The molecule has 0 bridgehead atoms. The quantitative estimate of drug-likeness (QED) is 0.758. The van der Waals surface area contributed by atoms with E-state index in [1.165, 1.54) is 22.3 Å². The fourth-order valence-corrected chi connectivity index (χ4v) is 2.71. The molecule has 0 aliphatic heterocycles. The van der Waals surface area contributed by atoms with Crippen LogP contribution >= 0.6 is 27.5 Å². The first-order valence-electron chi connectivity index (χ1n) is 6.72. The molecule has 0 heterocycles. The number of benzene rings is 2. The van der Waals surface area contributed by atoms with Gasteiger partial charge in [0.05, 0.1) is 5.02 Å². The van der Waals surface area contributed by atoms with Crippen LogP contribution in [0.3, 0.4) is 0 Å². The first-order chi connectivity index (χ1) is 9.47. The predicted octanol–water partition coefficient (Wildman–Crippen LogP) is 5.57. The zero-order chi connectivity index (χ0) is 14.7. The van der Waals surface area contributed by atoms with Gasteiger partial charge in [-0.15, -0.1) is 0 Å². The molecule has 0 spiro atoms. The van der Waals surface area contributed by atoms with E-state index < -0.39 is 0 Å². The molecule has 106 valence electrons. The number of nitrogens with one attached hydrogen (secondary N) is 1. The molecule has 0 aliphatic rings. The Balaban J connectivity index is 2.06. The van der Waals surface area contributed by atoms with Gasteiger partial charge < -0.3 is 5.32 Å². The summed E-state index contributed by atoms with van der Waals surface area (Å²) in [6.45, 7) is 7.29. The minimum absolute atomic E-state index is 0.317. The van der Waals surface area contributed by atoms with Gasteiger partial charge in [-0.25, -0.2) is 0 Å². The molecule has 0 aromatic heterocycles. The van der Waals surface area contributed by atoms with E-state index in [2.05, 4.69) is 66.3 Å². The summed E-state index contributed by atoms with van der Waals surface area (Å²) < 4.78 is 0.936. The Labute approximate surface area is 134 Å². The molecule has 1 atom stereocenters. The van der Waals surface area contributed by atoms with Crippen molar-refractivity contribution in [1.29, 1.82) is 0 Å². The van der Waals surface area contributed by atoms with Crippen molar-refractivity contribution in [2.24, 2.45) is 0 Å². The maximum atomic E-state index is 6.12. The second-order valence-corrected chi connectivity index (χ2v) is 6.47. The van der Waals surface area contributed by atoms with Crippen LogP contribution in [0.1, 0.15) is 35.2 Å². The lowest BCUT2D eigenvalue weighted by molar-refractivity contribution is 0.572. The standard InChI is InChI=1S/C17H19BrClN/c1-11-4-5-12(2)15(8-11)13(3)20-10-14-6-7-16(18)17(19)9-14/h4-9,13,20H,10H2,1-3H3. The van der Waals surface area contributed by atoms with E-state index in [4.69, 9.17) is 11.6 Å². The van der Waals surface area contributed by atoms with Crippen molar-refractivity contribution in [3.63, 3.8) is 0 Å². The molecule has 20 heavy (non-hydrogen) atoms. The van der Waals surface area contributed by atoms with Gasteiger partial charge in [0, 0.05) is 17.1 Å². The van der Waals surface area contributed by atoms with Crippen LogP contribution in [0.5, 0.6) is 0 Å². The van der Waals surface area contributed by atoms with E-state index in [9.17, 15) is 0 Å². The average Bonchev–Trinajstić information content (AvgIpc) is 2.42. The Hall–Kier alpha value is -0.830. The Kier molecular flexibility index (Phi) is 5.25. The highest BCUT2D eigenvalue weighted by Crippen LogP contribution is 2.24. The van der Waals surface area contributed by atoms with Crippen LogP contribution in [0.4, 0.5) is 0 Å². The van der Waals surface area contributed by atoms with Gasteiger partial charge in [0.25, 0.3) is 0 Å². The maximum Gasteiger partial charge on any atom is 0.0551 e. The third kappa shape index (κ3) is 3.85. The molecule has 1 unspecified atom stereocenters. The molecule has 0 saturated heterocycles. The average molecular weight is 353 g/mol. The van der Waals surface area contributed by atoms with Crippen LogP contribution in [0.2, 0.25) is 5.02 Å². The molecule has 0 radical (unpaired) electrons. The lowest BCUT2D eigenvalue weighted by Gasteiger charge is -2.17. The summed E-state index contributed by atoms with van der Waals surface area (Å²) in [6.07, 6.45) is 0. The molecule has 1 N–H and O–H groups in total. The van der Waals surface area contributed by atoms with E-state index in [-0.39, 0.29) is 0 Å². The van der Waals surface area contributed by atoms with Crippen LogP contribution in [0.25, 0.3) is 0 Å². The Morgan fingerprint density at radius 3 is 2.60 bits per heavy atom. The zero-order valence-corrected chi connectivity index (χ0v) is 14.3. The van der Waals surface area contributed by atoms with Crippen molar-refractivity contribution in [2.75, 3.05) is 0 Å². The summed E-state index contributed by atoms with van der Waals surface area (Å²) in [5.41, 5.74) is 5.17. The van der Waals surface area contributed by atoms with Gasteiger partial charge in [0.1, 0.15) is 0 Å². The summed E-state index contributed by atoms with van der Waals surface area (Å²) >= 11 is 9.53. The van der Waals surface area contributed by atoms with Gasteiger partial charge in [-0.3, -0.25) is 0 Å². The van der Waals surface area contributed by atoms with Gasteiger partial charge in [-0.2, -0.15) is 0 Å². The number of halogens is 2. The number of hydrogen-bond donors (Lipinski definition) is 1. The first-order valence-corrected chi connectivity index (χ1v) is 7.89.